The molecule has 1 aromatic carbocycles. The number of benzene rings is 1. The lowest BCUT2D eigenvalue weighted by molar-refractivity contribution is -0.117. The van der Waals surface area contributed by atoms with Gasteiger partial charge >= 0.3 is 0 Å². The first-order valence-corrected chi connectivity index (χ1v) is 7.11. The summed E-state index contributed by atoms with van der Waals surface area (Å²) in [5.41, 5.74) is 1.74. The molecule has 2 rings (SSSR count). The van der Waals surface area contributed by atoms with Crippen molar-refractivity contribution in [3.63, 3.8) is 0 Å². The van der Waals surface area contributed by atoms with Crippen LogP contribution >= 0.6 is 11.6 Å². The SMILES string of the molecule is COCC1CCC(=Cc2cccc(OC)c2)C(=O)C1Cl. The van der Waals surface area contributed by atoms with Crippen LogP contribution in [0.2, 0.25) is 0 Å². The summed E-state index contributed by atoms with van der Waals surface area (Å²) in [6.45, 7) is 0.534. The zero-order chi connectivity index (χ0) is 14.5. The molecular formula is C16H19ClO3. The Hall–Kier alpha value is -1.32. The first-order chi connectivity index (χ1) is 9.65. The van der Waals surface area contributed by atoms with Gasteiger partial charge in [0.15, 0.2) is 5.78 Å². The van der Waals surface area contributed by atoms with Crippen LogP contribution in [0.1, 0.15) is 18.4 Å². The van der Waals surface area contributed by atoms with Gasteiger partial charge in [-0.2, -0.15) is 0 Å². The normalized spacial score (nSPS) is 24.9. The fraction of sp³-hybridized carbons (Fsp3) is 0.438. The molecule has 1 fully saturated rings. The molecule has 2 unspecified atom stereocenters. The topological polar surface area (TPSA) is 35.5 Å². The highest BCUT2D eigenvalue weighted by Gasteiger charge is 2.33. The summed E-state index contributed by atoms with van der Waals surface area (Å²) >= 11 is 6.24. The summed E-state index contributed by atoms with van der Waals surface area (Å²) in [4.78, 5) is 12.3. The Balaban J connectivity index is 2.16. The van der Waals surface area contributed by atoms with E-state index in [1.54, 1.807) is 14.2 Å². The monoisotopic (exact) mass is 294 g/mol. The quantitative estimate of drug-likeness (QED) is 0.631. The average Bonchev–Trinajstić information content (AvgIpc) is 2.47. The van der Waals surface area contributed by atoms with Gasteiger partial charge < -0.3 is 9.47 Å². The third-order valence-electron chi connectivity index (χ3n) is 3.58. The maximum Gasteiger partial charge on any atom is 0.177 e. The van der Waals surface area contributed by atoms with Crippen LogP contribution in [-0.2, 0) is 9.53 Å². The van der Waals surface area contributed by atoms with Crippen LogP contribution in [0.3, 0.4) is 0 Å². The molecule has 1 aliphatic rings. The number of allylic oxidation sites excluding steroid dienone is 1. The molecule has 4 heteroatoms. The number of methoxy groups -OCH3 is 2. The Bertz CT molecular complexity index is 510. The van der Waals surface area contributed by atoms with Crippen LogP contribution in [0.25, 0.3) is 6.08 Å². The van der Waals surface area contributed by atoms with Crippen LogP contribution < -0.4 is 4.74 Å². The van der Waals surface area contributed by atoms with E-state index >= 15 is 0 Å². The van der Waals surface area contributed by atoms with Gasteiger partial charge in [0.05, 0.1) is 13.7 Å². The van der Waals surface area contributed by atoms with Gasteiger partial charge in [-0.3, -0.25) is 4.79 Å². The minimum Gasteiger partial charge on any atom is -0.497 e. The number of ether oxygens (including phenoxy) is 2. The minimum absolute atomic E-state index is 0.0165. The van der Waals surface area contributed by atoms with Gasteiger partial charge in [0, 0.05) is 13.0 Å². The molecule has 0 radical (unpaired) electrons. The van der Waals surface area contributed by atoms with E-state index in [2.05, 4.69) is 0 Å². The summed E-state index contributed by atoms with van der Waals surface area (Å²) in [7, 11) is 3.26. The second-order valence-corrected chi connectivity index (χ2v) is 5.44. The third-order valence-corrected chi connectivity index (χ3v) is 4.14. The molecule has 1 aliphatic carbocycles. The Morgan fingerprint density at radius 1 is 1.40 bits per heavy atom. The second-order valence-electron chi connectivity index (χ2n) is 4.97. The van der Waals surface area contributed by atoms with E-state index in [-0.39, 0.29) is 11.7 Å². The predicted octanol–water partition coefficient (Wildman–Crippen LogP) is 3.31. The van der Waals surface area contributed by atoms with Gasteiger partial charge in [-0.1, -0.05) is 12.1 Å². The highest BCUT2D eigenvalue weighted by atomic mass is 35.5. The van der Waals surface area contributed by atoms with Crippen LogP contribution in [0, 0.1) is 5.92 Å². The van der Waals surface area contributed by atoms with Gasteiger partial charge in [0.25, 0.3) is 0 Å². The largest absolute Gasteiger partial charge is 0.497 e. The fourth-order valence-electron chi connectivity index (χ4n) is 2.46. The number of carbonyl (C=O) groups is 1. The Morgan fingerprint density at radius 2 is 2.20 bits per heavy atom. The van der Waals surface area contributed by atoms with E-state index in [4.69, 9.17) is 21.1 Å². The molecule has 1 saturated carbocycles. The number of carbonyl (C=O) groups excluding carboxylic acids is 1. The molecule has 0 bridgehead atoms. The second kappa shape index (κ2) is 6.91. The molecule has 2 atom stereocenters. The van der Waals surface area contributed by atoms with E-state index < -0.39 is 5.38 Å². The molecule has 0 spiro atoms. The van der Waals surface area contributed by atoms with Gasteiger partial charge in [-0.15, -0.1) is 11.6 Å². The summed E-state index contributed by atoms with van der Waals surface area (Å²) in [5, 5.41) is -0.486. The molecule has 0 aromatic heterocycles. The van der Waals surface area contributed by atoms with Gasteiger partial charge in [0.2, 0.25) is 0 Å². The molecule has 3 nitrogen and oxygen atoms in total. The van der Waals surface area contributed by atoms with Crippen molar-refractivity contribution in [3.05, 3.63) is 35.4 Å². The standard InChI is InChI=1S/C16H19ClO3/c1-19-10-13-7-6-12(16(18)15(13)17)8-11-4-3-5-14(9-11)20-2/h3-5,8-9,13,15H,6-7,10H2,1-2H3. The number of hydrogen-bond donors (Lipinski definition) is 0. The van der Waals surface area contributed by atoms with E-state index in [1.165, 1.54) is 0 Å². The maximum absolute atomic E-state index is 12.3. The van der Waals surface area contributed by atoms with Gasteiger partial charge in [-0.05, 0) is 42.2 Å². The summed E-state index contributed by atoms with van der Waals surface area (Å²) in [6.07, 6.45) is 3.53. The maximum atomic E-state index is 12.3. The Labute approximate surface area is 124 Å². The lowest BCUT2D eigenvalue weighted by Gasteiger charge is -2.27. The molecule has 20 heavy (non-hydrogen) atoms. The van der Waals surface area contributed by atoms with E-state index in [1.807, 2.05) is 30.3 Å². The average molecular weight is 295 g/mol. The molecule has 1 aromatic rings. The summed E-state index contributed by atoms with van der Waals surface area (Å²) in [5.74, 6) is 0.904. The molecule has 0 N–H and O–H groups in total. The van der Waals surface area contributed by atoms with Gasteiger partial charge in [0.1, 0.15) is 11.1 Å². The van der Waals surface area contributed by atoms with Crippen LogP contribution in [0.15, 0.2) is 29.8 Å². The summed E-state index contributed by atoms with van der Waals surface area (Å²) in [6, 6.07) is 7.64. The lowest BCUT2D eigenvalue weighted by Crippen LogP contribution is -2.33. The smallest absolute Gasteiger partial charge is 0.177 e. The van der Waals surface area contributed by atoms with Crippen molar-refractivity contribution in [1.29, 1.82) is 0 Å². The number of rotatable bonds is 4. The first-order valence-electron chi connectivity index (χ1n) is 6.67. The van der Waals surface area contributed by atoms with Crippen molar-refractivity contribution >= 4 is 23.5 Å². The van der Waals surface area contributed by atoms with Crippen molar-refractivity contribution in [2.75, 3.05) is 20.8 Å². The predicted molar refractivity (Wildman–Crippen MR) is 80.2 cm³/mol. The number of ketones is 1. The number of alkyl halides is 1. The van der Waals surface area contributed by atoms with Crippen molar-refractivity contribution in [3.8, 4) is 5.75 Å². The molecule has 0 saturated heterocycles. The molecule has 0 amide bonds. The number of halogens is 1. The van der Waals surface area contributed by atoms with Crippen LogP contribution in [0.4, 0.5) is 0 Å². The van der Waals surface area contributed by atoms with Crippen molar-refractivity contribution < 1.29 is 14.3 Å². The third kappa shape index (κ3) is 3.41. The van der Waals surface area contributed by atoms with Crippen molar-refractivity contribution in [2.45, 2.75) is 18.2 Å². The first kappa shape index (κ1) is 15.1. The molecular weight excluding hydrogens is 276 g/mol. The Morgan fingerprint density at radius 3 is 2.90 bits per heavy atom. The van der Waals surface area contributed by atoms with E-state index in [9.17, 15) is 4.79 Å². The zero-order valence-corrected chi connectivity index (χ0v) is 12.5. The highest BCUT2D eigenvalue weighted by Crippen LogP contribution is 2.31. The minimum atomic E-state index is -0.486. The van der Waals surface area contributed by atoms with Crippen LogP contribution in [0.5, 0.6) is 5.75 Å². The zero-order valence-electron chi connectivity index (χ0n) is 11.8. The van der Waals surface area contributed by atoms with Crippen molar-refractivity contribution in [1.82, 2.24) is 0 Å². The van der Waals surface area contributed by atoms with E-state index in [0.29, 0.717) is 6.61 Å². The number of hydrogen-bond acceptors (Lipinski definition) is 3. The van der Waals surface area contributed by atoms with Crippen LogP contribution in [-0.4, -0.2) is 32.0 Å². The van der Waals surface area contributed by atoms with Crippen molar-refractivity contribution in [2.24, 2.45) is 5.92 Å². The Kier molecular flexibility index (Phi) is 5.21. The highest BCUT2D eigenvalue weighted by molar-refractivity contribution is 6.34. The number of Topliss-reactive ketones (excluding diaryl/α,β-unsaturated/α-hetero) is 1. The van der Waals surface area contributed by atoms with Gasteiger partial charge in [-0.25, -0.2) is 0 Å². The molecule has 0 aliphatic heterocycles. The lowest BCUT2D eigenvalue weighted by atomic mass is 9.84. The molecule has 0 heterocycles. The fourth-order valence-corrected chi connectivity index (χ4v) is 2.80. The van der Waals surface area contributed by atoms with E-state index in [0.717, 1.165) is 29.7 Å². The summed E-state index contributed by atoms with van der Waals surface area (Å²) < 4.78 is 10.3. The molecule has 108 valence electrons.